The molecule has 2 aromatic carbocycles. The van der Waals surface area contributed by atoms with Crippen molar-refractivity contribution in [2.24, 2.45) is 0 Å². The molecule has 0 aliphatic heterocycles. The van der Waals surface area contributed by atoms with Crippen molar-refractivity contribution >= 4 is 0 Å². The number of aliphatic hydroxyl groups excluding tert-OH is 1. The molecule has 0 bridgehead atoms. The summed E-state index contributed by atoms with van der Waals surface area (Å²) in [6, 6.07) is 9.21. The van der Waals surface area contributed by atoms with Gasteiger partial charge in [0, 0.05) is 6.42 Å². The minimum atomic E-state index is -0.173. The fraction of sp³-hybridized carbons (Fsp3) is 0.200. The van der Waals surface area contributed by atoms with Crippen molar-refractivity contribution in [3.05, 3.63) is 47.5 Å². The normalized spacial score (nSPS) is 10.4. The van der Waals surface area contributed by atoms with Gasteiger partial charge < -0.3 is 25.2 Å². The Morgan fingerprint density at radius 3 is 2.20 bits per heavy atom. The lowest BCUT2D eigenvalue weighted by Crippen LogP contribution is -2.02. The zero-order valence-corrected chi connectivity index (χ0v) is 10.8. The van der Waals surface area contributed by atoms with Crippen LogP contribution in [0.1, 0.15) is 11.1 Å². The molecular formula is C15H16O5. The van der Waals surface area contributed by atoms with Gasteiger partial charge in [-0.2, -0.15) is 0 Å². The van der Waals surface area contributed by atoms with Gasteiger partial charge in [0.25, 0.3) is 0 Å². The summed E-state index contributed by atoms with van der Waals surface area (Å²) in [5.74, 6) is -0.0223. The number of benzene rings is 2. The van der Waals surface area contributed by atoms with Gasteiger partial charge in [-0.25, -0.2) is 0 Å². The second kappa shape index (κ2) is 6.16. The van der Waals surface area contributed by atoms with Crippen LogP contribution in [0.2, 0.25) is 0 Å². The molecule has 0 heterocycles. The van der Waals surface area contributed by atoms with Crippen LogP contribution in [0, 0.1) is 0 Å². The van der Waals surface area contributed by atoms with Crippen molar-refractivity contribution in [3.63, 3.8) is 0 Å². The van der Waals surface area contributed by atoms with Crippen LogP contribution in [0.25, 0.3) is 0 Å². The number of phenolic OH excluding ortho intramolecular Hbond substituents is 3. The van der Waals surface area contributed by atoms with Crippen molar-refractivity contribution < 1.29 is 25.2 Å². The smallest absolute Gasteiger partial charge is 0.161 e. The first kappa shape index (κ1) is 14.0. The van der Waals surface area contributed by atoms with Gasteiger partial charge in [-0.1, -0.05) is 12.1 Å². The molecule has 4 N–H and O–H groups in total. The molecule has 0 aromatic heterocycles. The predicted molar refractivity (Wildman–Crippen MR) is 73.0 cm³/mol. The Balaban J connectivity index is 1.97. The van der Waals surface area contributed by atoms with Gasteiger partial charge >= 0.3 is 0 Å². The van der Waals surface area contributed by atoms with Crippen molar-refractivity contribution in [1.29, 1.82) is 0 Å². The molecule has 0 aliphatic carbocycles. The van der Waals surface area contributed by atoms with E-state index in [-0.39, 0.29) is 23.9 Å². The molecule has 0 aliphatic rings. The number of hydrogen-bond donors (Lipinski definition) is 4. The highest BCUT2D eigenvalue weighted by Gasteiger charge is 2.05. The Hall–Kier alpha value is -2.40. The Kier molecular flexibility index (Phi) is 4.32. The van der Waals surface area contributed by atoms with Crippen molar-refractivity contribution in [2.45, 2.75) is 13.0 Å². The number of phenols is 3. The van der Waals surface area contributed by atoms with Crippen LogP contribution in [0.3, 0.4) is 0 Å². The van der Waals surface area contributed by atoms with E-state index in [0.29, 0.717) is 24.3 Å². The first-order chi connectivity index (χ1) is 9.60. The van der Waals surface area contributed by atoms with Gasteiger partial charge in [-0.05, 0) is 35.4 Å². The Morgan fingerprint density at radius 2 is 1.50 bits per heavy atom. The van der Waals surface area contributed by atoms with E-state index >= 15 is 0 Å². The molecule has 2 rings (SSSR count). The maximum Gasteiger partial charge on any atom is 0.161 e. The molecule has 0 atom stereocenters. The quantitative estimate of drug-likeness (QED) is 0.626. The molecule has 20 heavy (non-hydrogen) atoms. The molecule has 5 heteroatoms. The van der Waals surface area contributed by atoms with Gasteiger partial charge in [-0.3, -0.25) is 0 Å². The molecule has 0 amide bonds. The maximum absolute atomic E-state index is 9.63. The lowest BCUT2D eigenvalue weighted by atomic mass is 10.1. The van der Waals surface area contributed by atoms with E-state index in [1.165, 1.54) is 18.2 Å². The first-order valence-electron chi connectivity index (χ1n) is 6.16. The first-order valence-corrected chi connectivity index (χ1v) is 6.16. The fourth-order valence-electron chi connectivity index (χ4n) is 1.78. The minimum absolute atomic E-state index is 0.00996. The maximum atomic E-state index is 9.63. The topological polar surface area (TPSA) is 90.2 Å². The standard InChI is InChI=1S/C15H16O5/c16-9-11-2-4-13(18)15(8-11)20-6-5-10-1-3-12(17)14(19)7-10/h1-4,7-8,16-19H,5-6,9H2. The largest absolute Gasteiger partial charge is 0.504 e. The highest BCUT2D eigenvalue weighted by atomic mass is 16.5. The van der Waals surface area contributed by atoms with Crippen molar-refractivity contribution in [2.75, 3.05) is 6.61 Å². The van der Waals surface area contributed by atoms with Crippen LogP contribution in [0.15, 0.2) is 36.4 Å². The summed E-state index contributed by atoms with van der Waals surface area (Å²) in [6.45, 7) is 0.176. The second-order valence-corrected chi connectivity index (χ2v) is 4.38. The average molecular weight is 276 g/mol. The molecule has 0 fully saturated rings. The summed E-state index contributed by atoms with van der Waals surface area (Å²) >= 11 is 0. The van der Waals surface area contributed by atoms with E-state index in [1.807, 2.05) is 0 Å². The number of ether oxygens (including phenoxy) is 1. The molecule has 0 radical (unpaired) electrons. The predicted octanol–water partition coefficient (Wildman–Crippen LogP) is 1.92. The van der Waals surface area contributed by atoms with Crippen LogP contribution in [-0.2, 0) is 13.0 Å². The summed E-state index contributed by atoms with van der Waals surface area (Å²) in [5.41, 5.74) is 1.46. The van der Waals surface area contributed by atoms with Gasteiger partial charge in [0.2, 0.25) is 0 Å². The lowest BCUT2D eigenvalue weighted by Gasteiger charge is -2.09. The van der Waals surface area contributed by atoms with E-state index in [9.17, 15) is 15.3 Å². The summed E-state index contributed by atoms with van der Waals surface area (Å²) in [7, 11) is 0. The summed E-state index contributed by atoms with van der Waals surface area (Å²) < 4.78 is 5.45. The molecule has 0 saturated heterocycles. The average Bonchev–Trinajstić information content (AvgIpc) is 2.45. The van der Waals surface area contributed by atoms with Crippen LogP contribution >= 0.6 is 0 Å². The van der Waals surface area contributed by atoms with E-state index < -0.39 is 0 Å². The minimum Gasteiger partial charge on any atom is -0.504 e. The van der Waals surface area contributed by atoms with Gasteiger partial charge in [0.15, 0.2) is 23.0 Å². The monoisotopic (exact) mass is 276 g/mol. The Morgan fingerprint density at radius 1 is 0.800 bits per heavy atom. The van der Waals surface area contributed by atoms with Crippen molar-refractivity contribution in [1.82, 2.24) is 0 Å². The molecule has 5 nitrogen and oxygen atoms in total. The van der Waals surface area contributed by atoms with Crippen LogP contribution in [-0.4, -0.2) is 27.0 Å². The Labute approximate surface area is 116 Å². The third-order valence-electron chi connectivity index (χ3n) is 2.89. The van der Waals surface area contributed by atoms with Crippen LogP contribution in [0.5, 0.6) is 23.0 Å². The third-order valence-corrected chi connectivity index (χ3v) is 2.89. The highest BCUT2D eigenvalue weighted by molar-refractivity contribution is 5.42. The van der Waals surface area contributed by atoms with Gasteiger partial charge in [-0.15, -0.1) is 0 Å². The van der Waals surface area contributed by atoms with E-state index in [0.717, 1.165) is 5.56 Å². The zero-order valence-electron chi connectivity index (χ0n) is 10.8. The number of aliphatic hydroxyl groups is 1. The van der Waals surface area contributed by atoms with Crippen molar-refractivity contribution in [3.8, 4) is 23.0 Å². The molecule has 0 unspecified atom stereocenters. The van der Waals surface area contributed by atoms with Crippen LogP contribution in [0.4, 0.5) is 0 Å². The molecular weight excluding hydrogens is 260 g/mol. The van der Waals surface area contributed by atoms with Crippen LogP contribution < -0.4 is 4.74 Å². The molecule has 2 aromatic rings. The fourth-order valence-corrected chi connectivity index (χ4v) is 1.78. The molecule has 0 spiro atoms. The van der Waals surface area contributed by atoms with Gasteiger partial charge in [0.05, 0.1) is 13.2 Å². The zero-order chi connectivity index (χ0) is 14.5. The third kappa shape index (κ3) is 3.33. The van der Waals surface area contributed by atoms with E-state index in [2.05, 4.69) is 0 Å². The van der Waals surface area contributed by atoms with E-state index in [4.69, 9.17) is 9.84 Å². The number of rotatable bonds is 5. The Bertz CT molecular complexity index is 595. The van der Waals surface area contributed by atoms with E-state index in [1.54, 1.807) is 18.2 Å². The summed E-state index contributed by atoms with van der Waals surface area (Å²) in [4.78, 5) is 0. The number of aromatic hydroxyl groups is 3. The highest BCUT2D eigenvalue weighted by Crippen LogP contribution is 2.28. The SMILES string of the molecule is OCc1ccc(O)c(OCCc2ccc(O)c(O)c2)c1. The molecule has 0 saturated carbocycles. The van der Waals surface area contributed by atoms with Gasteiger partial charge in [0.1, 0.15) is 0 Å². The second-order valence-electron chi connectivity index (χ2n) is 4.38. The summed E-state index contributed by atoms with van der Waals surface area (Å²) in [5, 5.41) is 37.2. The lowest BCUT2D eigenvalue weighted by molar-refractivity contribution is 0.277. The number of hydrogen-bond acceptors (Lipinski definition) is 5. The molecule has 106 valence electrons. The summed E-state index contributed by atoms with van der Waals surface area (Å²) in [6.07, 6.45) is 0.511.